The molecule has 0 spiro atoms. The maximum absolute atomic E-state index is 17.6. The molecule has 5 atom stereocenters. The van der Waals surface area contributed by atoms with E-state index in [4.69, 9.17) is 30.6 Å². The first-order chi connectivity index (χ1) is 27.0. The zero-order valence-electron chi connectivity index (χ0n) is 31.9. The number of rotatable bonds is 5. The van der Waals surface area contributed by atoms with E-state index in [0.29, 0.717) is 42.1 Å². The molecular formula is C41H42F3N7O6. The maximum Gasteiger partial charge on any atom is 0.412 e. The van der Waals surface area contributed by atoms with Crippen LogP contribution in [0.4, 0.5) is 34.3 Å². The van der Waals surface area contributed by atoms with E-state index >= 15 is 4.39 Å². The van der Waals surface area contributed by atoms with Crippen LogP contribution in [0.2, 0.25) is 0 Å². The average molecular weight is 786 g/mol. The summed E-state index contributed by atoms with van der Waals surface area (Å²) in [4.78, 5) is 44.9. The fourth-order valence-corrected chi connectivity index (χ4v) is 9.86. The number of carboxylic acid groups (broad SMARTS) is 1. The van der Waals surface area contributed by atoms with Crippen LogP contribution in [0, 0.1) is 18.2 Å². The largest absolute Gasteiger partial charge is 0.472 e. The van der Waals surface area contributed by atoms with Crippen molar-refractivity contribution in [2.75, 3.05) is 36.5 Å². The second-order valence-electron chi connectivity index (χ2n) is 16.9. The van der Waals surface area contributed by atoms with Gasteiger partial charge in [0.05, 0.1) is 30.2 Å². The number of benzene rings is 2. The number of hydrogen-bond acceptors (Lipinski definition) is 10. The Morgan fingerprint density at radius 3 is 2.72 bits per heavy atom. The molecule has 2 amide bonds. The molecule has 2 aromatic heterocycles. The Hall–Kier alpha value is -5.56. The van der Waals surface area contributed by atoms with Crippen LogP contribution in [0.5, 0.6) is 11.9 Å². The minimum absolute atomic E-state index is 0.00967. The summed E-state index contributed by atoms with van der Waals surface area (Å²) in [6, 6.07) is 6.91. The Morgan fingerprint density at radius 2 is 1.96 bits per heavy atom. The first-order valence-corrected chi connectivity index (χ1v) is 19.2. The van der Waals surface area contributed by atoms with Gasteiger partial charge in [-0.3, -0.25) is 15.1 Å². The SMILES string of the molecule is C#Cc1cccc2cc(NC(=O)OC(C)(C)C)cc(-c3nc4c5c(nc(OC[C@]67CCCN6CC(F)(F)C7)nc5c3F)N3CC5CCC(C3C(C)O4)N5C(=O)O)c12. The number of hydrogen-bond donors (Lipinski definition) is 2. The number of alkyl halides is 2. The molecule has 13 nitrogen and oxygen atoms in total. The average Bonchev–Trinajstić information content (AvgIpc) is 3.72. The standard InChI is InChI=1S/C41H42F3N7O6/c1-6-22-9-7-10-23-15-24(45-37(52)57-39(3,4)5)16-26(28(22)23)31-30(42)32-29-34(48-36(47-32)55-20-40-13-8-14-49(40)19-41(43,44)18-40)50-17-25-11-12-27(51(25)38(53)54)33(50)21(2)56-35(29)46-31/h1,7,9-10,15-16,21,25,27,33H,8,11-14,17-20H2,2-5H3,(H,45,52)(H,53,54)/t21?,25?,27?,33?,40-/m1/s1. The molecule has 57 heavy (non-hydrogen) atoms. The van der Waals surface area contributed by atoms with Gasteiger partial charge in [-0.1, -0.05) is 18.1 Å². The van der Waals surface area contributed by atoms with Crippen molar-refractivity contribution in [3.8, 4) is 35.5 Å². The normalized spacial score (nSPS) is 26.1. The van der Waals surface area contributed by atoms with Gasteiger partial charge in [0.25, 0.3) is 5.92 Å². The third-order valence-corrected chi connectivity index (χ3v) is 11.9. The molecular weight excluding hydrogens is 743 g/mol. The Balaban J connectivity index is 1.23. The lowest BCUT2D eigenvalue weighted by molar-refractivity contribution is 0.00801. The van der Waals surface area contributed by atoms with E-state index in [1.807, 2.05) is 11.8 Å². The third-order valence-electron chi connectivity index (χ3n) is 11.9. The molecule has 7 heterocycles. The van der Waals surface area contributed by atoms with Crippen LogP contribution in [0.1, 0.15) is 65.4 Å². The number of anilines is 2. The smallest absolute Gasteiger partial charge is 0.412 e. The molecule has 2 aromatic carbocycles. The van der Waals surface area contributed by atoms with Gasteiger partial charge in [-0.25, -0.2) is 27.7 Å². The summed E-state index contributed by atoms with van der Waals surface area (Å²) >= 11 is 0. The van der Waals surface area contributed by atoms with Gasteiger partial charge in [-0.2, -0.15) is 9.97 Å². The van der Waals surface area contributed by atoms with Crippen LogP contribution in [-0.2, 0) is 4.74 Å². The molecule has 16 heteroatoms. The topological polar surface area (TPSA) is 142 Å². The molecule has 9 rings (SSSR count). The van der Waals surface area contributed by atoms with E-state index < -0.39 is 53.3 Å². The van der Waals surface area contributed by atoms with Crippen LogP contribution in [0.3, 0.4) is 0 Å². The van der Waals surface area contributed by atoms with E-state index in [1.54, 1.807) is 56.0 Å². The zero-order valence-corrected chi connectivity index (χ0v) is 31.9. The van der Waals surface area contributed by atoms with Gasteiger partial charge >= 0.3 is 18.2 Å². The minimum atomic E-state index is -2.88. The van der Waals surface area contributed by atoms with Gasteiger partial charge in [-0.15, -0.1) is 6.42 Å². The van der Waals surface area contributed by atoms with Crippen LogP contribution in [0.25, 0.3) is 32.9 Å². The Labute approximate surface area is 326 Å². The number of carbonyl (C=O) groups is 2. The maximum atomic E-state index is 17.6. The van der Waals surface area contributed by atoms with Crippen molar-refractivity contribution in [1.82, 2.24) is 24.8 Å². The molecule has 2 N–H and O–H groups in total. The summed E-state index contributed by atoms with van der Waals surface area (Å²) in [5.74, 6) is -0.798. The summed E-state index contributed by atoms with van der Waals surface area (Å²) in [5, 5.41) is 14.2. The predicted octanol–water partition coefficient (Wildman–Crippen LogP) is 7.05. The van der Waals surface area contributed by atoms with Gasteiger partial charge in [-0.05, 0) is 83.5 Å². The molecule has 2 bridgehead atoms. The zero-order chi connectivity index (χ0) is 40.2. The lowest BCUT2D eigenvalue weighted by atomic mass is 9.94. The number of pyridine rings is 1. The fourth-order valence-electron chi connectivity index (χ4n) is 9.86. The van der Waals surface area contributed by atoms with E-state index in [9.17, 15) is 23.5 Å². The lowest BCUT2D eigenvalue weighted by Gasteiger charge is -2.47. The number of carbonyl (C=O) groups excluding carboxylic acids is 1. The monoisotopic (exact) mass is 785 g/mol. The highest BCUT2D eigenvalue weighted by atomic mass is 19.3. The van der Waals surface area contributed by atoms with Crippen molar-refractivity contribution < 1.29 is 42.1 Å². The number of fused-ring (bicyclic) bond motifs is 7. The highest BCUT2D eigenvalue weighted by molar-refractivity contribution is 6.06. The van der Waals surface area contributed by atoms with Crippen molar-refractivity contribution in [2.24, 2.45) is 0 Å². The van der Waals surface area contributed by atoms with Crippen molar-refractivity contribution in [3.63, 3.8) is 0 Å². The van der Waals surface area contributed by atoms with Crippen molar-refractivity contribution in [1.29, 1.82) is 0 Å². The Kier molecular flexibility index (Phi) is 8.44. The number of aromatic nitrogens is 3. The second kappa shape index (κ2) is 13.0. The molecule has 0 saturated carbocycles. The van der Waals surface area contributed by atoms with Gasteiger partial charge in [0.15, 0.2) is 5.82 Å². The van der Waals surface area contributed by atoms with Crippen LogP contribution in [0.15, 0.2) is 30.3 Å². The first kappa shape index (κ1) is 37.0. The molecule has 4 saturated heterocycles. The Morgan fingerprint density at radius 1 is 1.16 bits per heavy atom. The van der Waals surface area contributed by atoms with E-state index in [2.05, 4.69) is 16.2 Å². The molecule has 4 unspecified atom stereocenters. The van der Waals surface area contributed by atoms with Crippen LogP contribution < -0.4 is 19.7 Å². The van der Waals surface area contributed by atoms with Gasteiger partial charge in [0.2, 0.25) is 5.88 Å². The number of amides is 2. The van der Waals surface area contributed by atoms with E-state index in [1.165, 1.54) is 4.90 Å². The van der Waals surface area contributed by atoms with E-state index in [0.717, 1.165) is 6.42 Å². The molecule has 0 aliphatic carbocycles. The Bertz CT molecular complexity index is 2400. The number of terminal acetylenes is 1. The molecule has 5 aliphatic rings. The van der Waals surface area contributed by atoms with Gasteiger partial charge in [0.1, 0.15) is 40.7 Å². The summed E-state index contributed by atoms with van der Waals surface area (Å²) in [6.07, 6.45) is 5.62. The second-order valence-corrected chi connectivity index (χ2v) is 16.9. The summed E-state index contributed by atoms with van der Waals surface area (Å²) in [5.41, 5.74) is -1.15. The van der Waals surface area contributed by atoms with Gasteiger partial charge in [0, 0.05) is 35.2 Å². The summed E-state index contributed by atoms with van der Waals surface area (Å²) in [6.45, 7) is 7.27. The molecule has 4 fully saturated rings. The number of nitrogens with one attached hydrogen (secondary N) is 1. The molecule has 0 radical (unpaired) electrons. The quantitative estimate of drug-likeness (QED) is 0.201. The highest BCUT2D eigenvalue weighted by Gasteiger charge is 2.57. The van der Waals surface area contributed by atoms with E-state index in [-0.39, 0.29) is 77.7 Å². The summed E-state index contributed by atoms with van der Waals surface area (Å²) in [7, 11) is 0. The van der Waals surface area contributed by atoms with Gasteiger partial charge < -0.3 is 24.2 Å². The molecule has 5 aliphatic heterocycles. The molecule has 298 valence electrons. The van der Waals surface area contributed by atoms with Crippen LogP contribution in [-0.4, -0.2) is 110 Å². The van der Waals surface area contributed by atoms with Crippen LogP contribution >= 0.6 is 0 Å². The lowest BCUT2D eigenvalue weighted by Crippen LogP contribution is -2.64. The first-order valence-electron chi connectivity index (χ1n) is 19.2. The summed E-state index contributed by atoms with van der Waals surface area (Å²) < 4.78 is 65.5. The number of piperazine rings is 1. The fraction of sp³-hybridized carbons (Fsp3) is 0.488. The van der Waals surface area contributed by atoms with Crippen molar-refractivity contribution in [3.05, 3.63) is 41.7 Å². The molecule has 4 aromatic rings. The number of halogens is 3. The third kappa shape index (κ3) is 6.18. The van der Waals surface area contributed by atoms with Crippen molar-refractivity contribution >= 4 is 45.4 Å². The number of ether oxygens (including phenoxy) is 3. The minimum Gasteiger partial charge on any atom is -0.472 e. The predicted molar refractivity (Wildman–Crippen MR) is 205 cm³/mol. The van der Waals surface area contributed by atoms with Crippen molar-refractivity contribution in [2.45, 2.75) is 101 Å². The highest BCUT2D eigenvalue weighted by Crippen LogP contribution is 2.49. The number of nitrogens with zero attached hydrogens (tertiary/aromatic N) is 6.